The van der Waals surface area contributed by atoms with Crippen LogP contribution in [0.2, 0.25) is 0 Å². The molecule has 0 bridgehead atoms. The minimum Gasteiger partial charge on any atom is -0.395 e. The first-order valence-electron chi connectivity index (χ1n) is 8.39. The highest BCUT2D eigenvalue weighted by atomic mass is 32.1. The molecule has 2 N–H and O–H groups in total. The molecule has 0 saturated carbocycles. The summed E-state index contributed by atoms with van der Waals surface area (Å²) in [6.45, 7) is 3.68. The number of nitrogens with zero attached hydrogens (tertiary/aromatic N) is 1. The summed E-state index contributed by atoms with van der Waals surface area (Å²) in [6, 6.07) is 6.22. The van der Waals surface area contributed by atoms with E-state index in [2.05, 4.69) is 15.6 Å². The molecule has 1 amide bonds. The highest BCUT2D eigenvalue weighted by Gasteiger charge is 2.28. The fraction of sp³-hybridized carbons (Fsp3) is 0.444. The molecule has 2 aromatic rings. The van der Waals surface area contributed by atoms with Gasteiger partial charge in [-0.25, -0.2) is 0 Å². The molecule has 0 aromatic carbocycles. The number of likely N-dealkylation sites (tertiary alicyclic amines) is 1. The number of carbonyl (C=O) groups is 2. The second-order valence-electron chi connectivity index (χ2n) is 6.19. The number of amides is 1. The van der Waals surface area contributed by atoms with E-state index in [1.165, 1.54) is 33.1 Å². The van der Waals surface area contributed by atoms with Crippen LogP contribution < -0.4 is 5.32 Å². The van der Waals surface area contributed by atoms with Crippen molar-refractivity contribution in [3.05, 3.63) is 43.8 Å². The third-order valence-corrected chi connectivity index (χ3v) is 6.59. The Balaban J connectivity index is 1.68. The topological polar surface area (TPSA) is 69.6 Å². The molecule has 1 aliphatic heterocycles. The molecule has 1 aliphatic rings. The number of nitrogens with one attached hydrogen (secondary N) is 1. The van der Waals surface area contributed by atoms with Gasteiger partial charge in [0.05, 0.1) is 16.4 Å². The van der Waals surface area contributed by atoms with Crippen molar-refractivity contribution >= 4 is 34.4 Å². The van der Waals surface area contributed by atoms with Gasteiger partial charge in [-0.05, 0) is 55.5 Å². The number of ketones is 1. The maximum absolute atomic E-state index is 12.0. The molecular formula is C18H22N2O3S2. The fourth-order valence-electron chi connectivity index (χ4n) is 3.13. The summed E-state index contributed by atoms with van der Waals surface area (Å²) >= 11 is 3.03. The van der Waals surface area contributed by atoms with Crippen molar-refractivity contribution in [1.29, 1.82) is 0 Å². The second kappa shape index (κ2) is 8.23. The highest BCUT2D eigenvalue weighted by molar-refractivity contribution is 7.14. The van der Waals surface area contributed by atoms with Gasteiger partial charge in [0.25, 0.3) is 5.91 Å². The predicted octanol–water partition coefficient (Wildman–Crippen LogP) is 3.07. The maximum atomic E-state index is 12.0. The van der Waals surface area contributed by atoms with Gasteiger partial charge < -0.3 is 10.4 Å². The van der Waals surface area contributed by atoms with Gasteiger partial charge in [0.2, 0.25) is 0 Å². The van der Waals surface area contributed by atoms with Gasteiger partial charge in [0.15, 0.2) is 5.78 Å². The van der Waals surface area contributed by atoms with Crippen LogP contribution in [0.3, 0.4) is 0 Å². The summed E-state index contributed by atoms with van der Waals surface area (Å²) in [5.41, 5.74) is 1.18. The molecule has 1 fully saturated rings. The van der Waals surface area contributed by atoms with Gasteiger partial charge in [0.1, 0.15) is 0 Å². The molecule has 0 radical (unpaired) electrons. The lowest BCUT2D eigenvalue weighted by molar-refractivity contribution is 0.0948. The van der Waals surface area contributed by atoms with Crippen LogP contribution >= 0.6 is 22.7 Å². The lowest BCUT2D eigenvalue weighted by atomic mass is 10.1. The number of thiophene rings is 2. The summed E-state index contributed by atoms with van der Waals surface area (Å²) < 4.78 is 0. The minimum atomic E-state index is -0.126. The van der Waals surface area contributed by atoms with E-state index >= 15 is 0 Å². The van der Waals surface area contributed by atoms with E-state index in [1.54, 1.807) is 6.92 Å². The Morgan fingerprint density at radius 2 is 2.20 bits per heavy atom. The number of Topliss-reactive ketones (excluding diaryl/α,β-unsaturated/α-hetero) is 1. The first kappa shape index (κ1) is 18.3. The number of aliphatic hydroxyl groups is 1. The normalized spacial score (nSPS) is 17.8. The van der Waals surface area contributed by atoms with Crippen molar-refractivity contribution < 1.29 is 14.7 Å². The van der Waals surface area contributed by atoms with Crippen LogP contribution in [-0.4, -0.2) is 41.4 Å². The number of hydrogen-bond donors (Lipinski definition) is 2. The number of aliphatic hydroxyl groups excluding tert-OH is 1. The average molecular weight is 379 g/mol. The van der Waals surface area contributed by atoms with Crippen molar-refractivity contribution in [2.75, 3.05) is 19.7 Å². The van der Waals surface area contributed by atoms with Crippen LogP contribution in [0.4, 0.5) is 0 Å². The molecule has 5 nitrogen and oxygen atoms in total. The van der Waals surface area contributed by atoms with Crippen molar-refractivity contribution in [1.82, 2.24) is 10.2 Å². The Labute approximate surface area is 155 Å². The summed E-state index contributed by atoms with van der Waals surface area (Å²) in [6.07, 6.45) is 2.22. The largest absolute Gasteiger partial charge is 0.395 e. The molecule has 1 saturated heterocycles. The molecule has 25 heavy (non-hydrogen) atoms. The van der Waals surface area contributed by atoms with Crippen LogP contribution in [-0.2, 0) is 6.54 Å². The van der Waals surface area contributed by atoms with Crippen LogP contribution in [0, 0.1) is 0 Å². The number of hydrogen-bond acceptors (Lipinski definition) is 6. The van der Waals surface area contributed by atoms with E-state index in [4.69, 9.17) is 5.11 Å². The van der Waals surface area contributed by atoms with Gasteiger partial charge in [-0.3, -0.25) is 14.5 Å². The minimum absolute atomic E-state index is 0.0523. The summed E-state index contributed by atoms with van der Waals surface area (Å²) in [7, 11) is 0. The summed E-state index contributed by atoms with van der Waals surface area (Å²) in [4.78, 5) is 28.6. The van der Waals surface area contributed by atoms with Gasteiger partial charge in [0, 0.05) is 24.0 Å². The van der Waals surface area contributed by atoms with Gasteiger partial charge in [-0.1, -0.05) is 0 Å². The van der Waals surface area contributed by atoms with Gasteiger partial charge in [-0.2, -0.15) is 0 Å². The fourth-order valence-corrected chi connectivity index (χ4v) is 5.03. The average Bonchev–Trinajstić information content (AvgIpc) is 3.32. The summed E-state index contributed by atoms with van der Waals surface area (Å²) in [5.74, 6) is -0.00945. The first-order chi connectivity index (χ1) is 12.1. The van der Waals surface area contributed by atoms with E-state index in [-0.39, 0.29) is 24.8 Å². The van der Waals surface area contributed by atoms with Gasteiger partial charge >= 0.3 is 0 Å². The molecule has 3 rings (SSSR count). The van der Waals surface area contributed by atoms with E-state index in [9.17, 15) is 9.59 Å². The molecule has 7 heteroatoms. The monoisotopic (exact) mass is 378 g/mol. The zero-order valence-electron chi connectivity index (χ0n) is 14.2. The van der Waals surface area contributed by atoms with E-state index in [0.717, 1.165) is 30.8 Å². The number of carbonyl (C=O) groups excluding carboxylic acids is 2. The molecule has 0 spiro atoms. The molecular weight excluding hydrogens is 356 g/mol. The molecule has 1 atom stereocenters. The van der Waals surface area contributed by atoms with E-state index in [1.807, 2.05) is 18.2 Å². The Bertz CT molecular complexity index is 753. The maximum Gasteiger partial charge on any atom is 0.261 e. The molecule has 1 unspecified atom stereocenters. The van der Waals surface area contributed by atoms with Crippen LogP contribution in [0.25, 0.3) is 0 Å². The Hall–Kier alpha value is -1.54. The Morgan fingerprint density at radius 1 is 1.36 bits per heavy atom. The lowest BCUT2D eigenvalue weighted by Crippen LogP contribution is -2.25. The molecule has 0 aliphatic carbocycles. The smallest absolute Gasteiger partial charge is 0.261 e. The van der Waals surface area contributed by atoms with Crippen LogP contribution in [0.5, 0.6) is 0 Å². The summed E-state index contributed by atoms with van der Waals surface area (Å²) in [5, 5.41) is 13.6. The van der Waals surface area contributed by atoms with E-state index in [0.29, 0.717) is 10.9 Å². The van der Waals surface area contributed by atoms with Crippen molar-refractivity contribution in [2.45, 2.75) is 32.4 Å². The van der Waals surface area contributed by atoms with Crippen molar-refractivity contribution in [2.24, 2.45) is 0 Å². The van der Waals surface area contributed by atoms with Crippen molar-refractivity contribution in [3.63, 3.8) is 0 Å². The molecule has 2 aromatic heterocycles. The Kier molecular flexibility index (Phi) is 6.01. The lowest BCUT2D eigenvalue weighted by Gasteiger charge is -2.23. The third-order valence-electron chi connectivity index (χ3n) is 4.33. The SMILES string of the molecule is CC(=O)c1cc(CN2CCCC2c2ccc(C(=O)NCCO)s2)cs1. The van der Waals surface area contributed by atoms with Crippen molar-refractivity contribution in [3.8, 4) is 0 Å². The number of rotatable bonds is 7. The predicted molar refractivity (Wildman–Crippen MR) is 100 cm³/mol. The first-order valence-corrected chi connectivity index (χ1v) is 10.1. The third kappa shape index (κ3) is 4.36. The zero-order valence-corrected chi connectivity index (χ0v) is 15.8. The second-order valence-corrected chi connectivity index (χ2v) is 8.21. The molecule has 134 valence electrons. The zero-order chi connectivity index (χ0) is 17.8. The van der Waals surface area contributed by atoms with Crippen LogP contribution in [0.15, 0.2) is 23.6 Å². The standard InChI is InChI=1S/C18H22N2O3S2/c1-12(22)17-9-13(11-24-17)10-20-7-2-3-14(20)15-4-5-16(25-15)18(23)19-6-8-21/h4-5,9,11,14,21H,2-3,6-8,10H2,1H3,(H,19,23). The van der Waals surface area contributed by atoms with Crippen LogP contribution in [0.1, 0.15) is 55.6 Å². The van der Waals surface area contributed by atoms with Gasteiger partial charge in [-0.15, -0.1) is 22.7 Å². The highest BCUT2D eigenvalue weighted by Crippen LogP contribution is 2.37. The quantitative estimate of drug-likeness (QED) is 0.727. The molecule has 3 heterocycles. The van der Waals surface area contributed by atoms with E-state index < -0.39 is 0 Å². The Morgan fingerprint density at radius 3 is 2.92 bits per heavy atom.